The third kappa shape index (κ3) is 3.73. The van der Waals surface area contributed by atoms with Crippen LogP contribution in [0.15, 0.2) is 18.2 Å². The maximum Gasteiger partial charge on any atom is 0.126 e. The zero-order valence-electron chi connectivity index (χ0n) is 13.1. The highest BCUT2D eigenvalue weighted by atomic mass is 35.5. The molecule has 0 amide bonds. The minimum Gasteiger partial charge on any atom is -0.496 e. The van der Waals surface area contributed by atoms with Gasteiger partial charge in [-0.2, -0.15) is 0 Å². The van der Waals surface area contributed by atoms with Gasteiger partial charge in [0.1, 0.15) is 11.6 Å². The lowest BCUT2D eigenvalue weighted by atomic mass is 9.81. The molecule has 3 nitrogen and oxygen atoms in total. The quantitative estimate of drug-likeness (QED) is 0.925. The second-order valence-electron chi connectivity index (χ2n) is 6.44. The van der Waals surface area contributed by atoms with Crippen LogP contribution in [0.1, 0.15) is 43.6 Å². The average molecular weight is 329 g/mol. The monoisotopic (exact) mass is 328 g/mol. The van der Waals surface area contributed by atoms with Crippen molar-refractivity contribution in [3.8, 4) is 5.75 Å². The molecule has 1 aliphatic carbocycles. The van der Waals surface area contributed by atoms with Gasteiger partial charge in [-0.3, -0.25) is 4.90 Å². The molecule has 0 unspecified atom stereocenters. The molecule has 22 heavy (non-hydrogen) atoms. The molecule has 2 fully saturated rings. The Bertz CT molecular complexity index is 492. The first kappa shape index (κ1) is 17.5. The maximum absolute atomic E-state index is 13.3. The molecule has 1 aromatic rings. The van der Waals surface area contributed by atoms with E-state index in [1.807, 2.05) is 6.07 Å². The van der Waals surface area contributed by atoms with E-state index >= 15 is 0 Å². The van der Waals surface area contributed by atoms with Gasteiger partial charge in [0.25, 0.3) is 0 Å². The lowest BCUT2D eigenvalue weighted by Crippen LogP contribution is -2.37. The summed E-state index contributed by atoms with van der Waals surface area (Å²) in [5.74, 6) is 0.963. The van der Waals surface area contributed by atoms with E-state index in [-0.39, 0.29) is 18.2 Å². The van der Waals surface area contributed by atoms with Gasteiger partial charge in [0.2, 0.25) is 0 Å². The number of nitrogens with zero attached hydrogens (tertiary/aromatic N) is 1. The van der Waals surface area contributed by atoms with Gasteiger partial charge in [-0.15, -0.1) is 12.4 Å². The van der Waals surface area contributed by atoms with Crippen LogP contribution in [0.4, 0.5) is 4.39 Å². The van der Waals surface area contributed by atoms with Crippen LogP contribution < -0.4 is 10.5 Å². The second kappa shape index (κ2) is 7.62. The van der Waals surface area contributed by atoms with Crippen LogP contribution in [0.25, 0.3) is 0 Å². The van der Waals surface area contributed by atoms with Gasteiger partial charge >= 0.3 is 0 Å². The first-order valence-corrected chi connectivity index (χ1v) is 8.00. The predicted molar refractivity (Wildman–Crippen MR) is 89.4 cm³/mol. The molecule has 0 radical (unpaired) electrons. The number of halogens is 2. The standard InChI is InChI=1S/C17H25FN2O.ClH/c1-21-17-10-13(18)4-7-16(17)12-2-5-15(6-3-12)20-9-8-14(19)11-20;/h4,7,10,12,14-15H,2-3,5-6,8-9,11,19H2,1H3;1H/t12?,14-,15?;/m1./s1. The van der Waals surface area contributed by atoms with Gasteiger partial charge in [0.05, 0.1) is 7.11 Å². The molecule has 0 aromatic heterocycles. The van der Waals surface area contributed by atoms with Gasteiger partial charge in [-0.1, -0.05) is 6.07 Å². The fourth-order valence-electron chi connectivity index (χ4n) is 3.92. The summed E-state index contributed by atoms with van der Waals surface area (Å²) in [4.78, 5) is 2.56. The molecule has 2 N–H and O–H groups in total. The third-order valence-corrected chi connectivity index (χ3v) is 5.10. The van der Waals surface area contributed by atoms with Crippen molar-refractivity contribution in [1.82, 2.24) is 4.90 Å². The Hall–Kier alpha value is -0.840. The summed E-state index contributed by atoms with van der Waals surface area (Å²) in [6.07, 6.45) is 5.85. The molecule has 1 aromatic carbocycles. The fraction of sp³-hybridized carbons (Fsp3) is 0.647. The summed E-state index contributed by atoms with van der Waals surface area (Å²) in [5, 5.41) is 0. The Kier molecular flexibility index (Phi) is 6.07. The van der Waals surface area contributed by atoms with Crippen LogP contribution in [-0.2, 0) is 0 Å². The Balaban J connectivity index is 0.00000176. The number of nitrogens with two attached hydrogens (primary N) is 1. The second-order valence-corrected chi connectivity index (χ2v) is 6.44. The predicted octanol–water partition coefficient (Wildman–Crippen LogP) is 3.32. The lowest BCUT2D eigenvalue weighted by molar-refractivity contribution is 0.179. The van der Waals surface area contributed by atoms with Crippen molar-refractivity contribution in [3.63, 3.8) is 0 Å². The highest BCUT2D eigenvalue weighted by Gasteiger charge is 2.31. The van der Waals surface area contributed by atoms with E-state index in [2.05, 4.69) is 4.90 Å². The maximum atomic E-state index is 13.3. The molecular weight excluding hydrogens is 303 g/mol. The van der Waals surface area contributed by atoms with Crippen LogP contribution in [0.3, 0.4) is 0 Å². The van der Waals surface area contributed by atoms with Gasteiger partial charge in [-0.05, 0) is 49.7 Å². The summed E-state index contributed by atoms with van der Waals surface area (Å²) >= 11 is 0. The van der Waals surface area contributed by atoms with Crippen LogP contribution in [0.5, 0.6) is 5.75 Å². The molecule has 124 valence electrons. The normalized spacial score (nSPS) is 29.1. The molecule has 1 heterocycles. The molecule has 2 aliphatic rings. The molecule has 5 heteroatoms. The van der Waals surface area contributed by atoms with Crippen LogP contribution in [0, 0.1) is 5.82 Å². The van der Waals surface area contributed by atoms with Crippen LogP contribution in [-0.4, -0.2) is 37.2 Å². The number of benzene rings is 1. The summed E-state index contributed by atoms with van der Waals surface area (Å²) in [6, 6.07) is 5.98. The highest BCUT2D eigenvalue weighted by molar-refractivity contribution is 5.85. The molecular formula is C17H26ClFN2O. The third-order valence-electron chi connectivity index (χ3n) is 5.10. The topological polar surface area (TPSA) is 38.5 Å². The lowest BCUT2D eigenvalue weighted by Gasteiger charge is -2.35. The number of methoxy groups -OCH3 is 1. The highest BCUT2D eigenvalue weighted by Crippen LogP contribution is 2.39. The largest absolute Gasteiger partial charge is 0.496 e. The van der Waals surface area contributed by atoms with E-state index in [1.54, 1.807) is 13.2 Å². The molecule has 1 aliphatic heterocycles. The molecule has 1 saturated heterocycles. The fourth-order valence-corrected chi connectivity index (χ4v) is 3.92. The van der Waals surface area contributed by atoms with E-state index in [4.69, 9.17) is 10.5 Å². The van der Waals surface area contributed by atoms with Gasteiger partial charge in [-0.25, -0.2) is 4.39 Å². The number of hydrogen-bond acceptors (Lipinski definition) is 3. The van der Waals surface area contributed by atoms with Crippen molar-refractivity contribution in [2.75, 3.05) is 20.2 Å². The molecule has 1 atom stereocenters. The van der Waals surface area contributed by atoms with E-state index in [1.165, 1.54) is 18.9 Å². The zero-order chi connectivity index (χ0) is 14.8. The minimum atomic E-state index is -0.227. The van der Waals surface area contributed by atoms with E-state index in [0.717, 1.165) is 37.9 Å². The minimum absolute atomic E-state index is 0. The number of likely N-dealkylation sites (tertiary alicyclic amines) is 1. The Morgan fingerprint density at radius 3 is 2.50 bits per heavy atom. The van der Waals surface area contributed by atoms with Crippen molar-refractivity contribution >= 4 is 12.4 Å². The number of hydrogen-bond donors (Lipinski definition) is 1. The molecule has 1 saturated carbocycles. The summed E-state index contributed by atoms with van der Waals surface area (Å²) < 4.78 is 18.7. The van der Waals surface area contributed by atoms with E-state index in [9.17, 15) is 4.39 Å². The Labute approximate surface area is 138 Å². The summed E-state index contributed by atoms with van der Waals surface area (Å²) in [6.45, 7) is 2.20. The average Bonchev–Trinajstić information content (AvgIpc) is 2.94. The number of ether oxygens (including phenoxy) is 1. The Morgan fingerprint density at radius 1 is 1.18 bits per heavy atom. The van der Waals surface area contributed by atoms with Crippen molar-refractivity contribution in [2.45, 2.75) is 50.1 Å². The van der Waals surface area contributed by atoms with Crippen molar-refractivity contribution in [1.29, 1.82) is 0 Å². The molecule has 0 bridgehead atoms. The Morgan fingerprint density at radius 2 is 1.91 bits per heavy atom. The van der Waals surface area contributed by atoms with Gasteiger partial charge in [0.15, 0.2) is 0 Å². The summed E-state index contributed by atoms with van der Waals surface area (Å²) in [7, 11) is 1.62. The van der Waals surface area contributed by atoms with Crippen molar-refractivity contribution in [3.05, 3.63) is 29.6 Å². The van der Waals surface area contributed by atoms with Crippen LogP contribution in [0.2, 0.25) is 0 Å². The first-order valence-electron chi connectivity index (χ1n) is 8.00. The van der Waals surface area contributed by atoms with Gasteiger partial charge in [0, 0.05) is 31.2 Å². The zero-order valence-corrected chi connectivity index (χ0v) is 13.9. The number of rotatable bonds is 3. The van der Waals surface area contributed by atoms with Crippen molar-refractivity contribution in [2.24, 2.45) is 5.73 Å². The smallest absolute Gasteiger partial charge is 0.126 e. The van der Waals surface area contributed by atoms with Gasteiger partial charge < -0.3 is 10.5 Å². The summed E-state index contributed by atoms with van der Waals surface area (Å²) in [5.41, 5.74) is 7.17. The molecule has 3 rings (SSSR count). The van der Waals surface area contributed by atoms with E-state index < -0.39 is 0 Å². The van der Waals surface area contributed by atoms with Crippen molar-refractivity contribution < 1.29 is 9.13 Å². The van der Waals surface area contributed by atoms with E-state index in [0.29, 0.717) is 23.8 Å². The van der Waals surface area contributed by atoms with Crippen LogP contribution >= 0.6 is 12.4 Å². The first-order chi connectivity index (χ1) is 10.2. The molecule has 0 spiro atoms. The SMILES string of the molecule is COc1cc(F)ccc1C1CCC(N2CC[C@@H](N)C2)CC1.Cl.